The van der Waals surface area contributed by atoms with E-state index >= 15 is 0 Å². The Hall–Kier alpha value is -3.11. The van der Waals surface area contributed by atoms with Crippen LogP contribution in [0.5, 0.6) is 0 Å². The third kappa shape index (κ3) is 4.36. The minimum Gasteiger partial charge on any atom is -0.335 e. The third-order valence-electron chi connectivity index (χ3n) is 3.46. The number of rotatable bonds is 6. The summed E-state index contributed by atoms with van der Waals surface area (Å²) in [6, 6.07) is 13.3. The fourth-order valence-corrected chi connectivity index (χ4v) is 3.06. The van der Waals surface area contributed by atoms with Crippen LogP contribution in [0, 0.1) is 10.1 Å². The van der Waals surface area contributed by atoms with E-state index in [9.17, 15) is 14.9 Å². The number of nitrogen functional groups attached to an aromatic ring is 1. The van der Waals surface area contributed by atoms with Gasteiger partial charge in [0.2, 0.25) is 11.1 Å². The molecule has 138 valence electrons. The summed E-state index contributed by atoms with van der Waals surface area (Å²) in [5.74, 6) is 5.95. The molecule has 0 spiro atoms. The molecule has 0 aliphatic carbocycles. The number of nitrogens with zero attached hydrogens (tertiary/aromatic N) is 4. The van der Waals surface area contributed by atoms with Gasteiger partial charge in [-0.1, -0.05) is 53.7 Å². The molecule has 0 aliphatic rings. The normalized spacial score (nSPS) is 10.6. The van der Waals surface area contributed by atoms with Gasteiger partial charge in [0.15, 0.2) is 5.82 Å². The minimum atomic E-state index is -0.614. The Balaban J connectivity index is 1.67. The number of amides is 1. The Labute approximate surface area is 162 Å². The van der Waals surface area contributed by atoms with E-state index in [-0.39, 0.29) is 22.2 Å². The van der Waals surface area contributed by atoms with E-state index in [0.29, 0.717) is 11.0 Å². The van der Waals surface area contributed by atoms with Gasteiger partial charge in [0.05, 0.1) is 10.7 Å². The molecule has 1 amide bonds. The first-order valence-corrected chi connectivity index (χ1v) is 8.94. The van der Waals surface area contributed by atoms with Crippen molar-refractivity contribution in [2.75, 3.05) is 16.9 Å². The second-order valence-corrected chi connectivity index (χ2v) is 6.68. The largest absolute Gasteiger partial charge is 0.335 e. The summed E-state index contributed by atoms with van der Waals surface area (Å²) in [5.41, 5.74) is 0.573. The minimum absolute atomic E-state index is 0.0517. The van der Waals surface area contributed by atoms with Crippen LogP contribution >= 0.6 is 23.4 Å². The van der Waals surface area contributed by atoms with E-state index in [1.54, 1.807) is 0 Å². The molecule has 9 nitrogen and oxygen atoms in total. The fraction of sp³-hybridized carbons (Fsp3) is 0.0625. The van der Waals surface area contributed by atoms with Crippen LogP contribution in [0.1, 0.15) is 0 Å². The first-order valence-electron chi connectivity index (χ1n) is 7.58. The van der Waals surface area contributed by atoms with Crippen molar-refractivity contribution in [3.8, 4) is 11.4 Å². The van der Waals surface area contributed by atoms with Gasteiger partial charge in [0, 0.05) is 16.7 Å². The highest BCUT2D eigenvalue weighted by molar-refractivity contribution is 7.99. The van der Waals surface area contributed by atoms with Gasteiger partial charge in [-0.2, -0.15) is 0 Å². The summed E-state index contributed by atoms with van der Waals surface area (Å²) < 4.78 is 1.29. The molecule has 2 aromatic carbocycles. The Morgan fingerprint density at radius 2 is 2.00 bits per heavy atom. The average Bonchev–Trinajstić information content (AvgIpc) is 3.02. The summed E-state index contributed by atoms with van der Waals surface area (Å²) in [4.78, 5) is 22.6. The molecule has 0 fully saturated rings. The highest BCUT2D eigenvalue weighted by Gasteiger charge is 2.18. The molecule has 3 aromatic rings. The monoisotopic (exact) mass is 404 g/mol. The molecule has 0 unspecified atom stereocenters. The van der Waals surface area contributed by atoms with Gasteiger partial charge in [0.25, 0.3) is 5.69 Å². The van der Waals surface area contributed by atoms with E-state index in [0.717, 1.165) is 17.3 Å². The summed E-state index contributed by atoms with van der Waals surface area (Å²) >= 11 is 6.82. The van der Waals surface area contributed by atoms with Gasteiger partial charge < -0.3 is 11.2 Å². The van der Waals surface area contributed by atoms with Gasteiger partial charge in [-0.25, -0.2) is 4.68 Å². The zero-order valence-electron chi connectivity index (χ0n) is 13.7. The summed E-state index contributed by atoms with van der Waals surface area (Å²) in [6.07, 6.45) is 0. The maximum atomic E-state index is 12.1. The van der Waals surface area contributed by atoms with Gasteiger partial charge in [-0.05, 0) is 12.1 Å². The molecule has 0 atom stereocenters. The number of nitrogens with one attached hydrogen (secondary N) is 1. The Bertz CT molecular complexity index is 995. The molecule has 0 radical (unpaired) electrons. The number of aromatic nitrogens is 3. The van der Waals surface area contributed by atoms with E-state index < -0.39 is 10.8 Å². The molecule has 0 saturated heterocycles. The lowest BCUT2D eigenvalue weighted by atomic mass is 10.2. The maximum Gasteiger partial charge on any atom is 0.294 e. The van der Waals surface area contributed by atoms with Crippen LogP contribution in [0.3, 0.4) is 0 Å². The van der Waals surface area contributed by atoms with E-state index in [1.165, 1.54) is 22.9 Å². The molecule has 11 heteroatoms. The van der Waals surface area contributed by atoms with E-state index in [4.69, 9.17) is 17.4 Å². The first-order chi connectivity index (χ1) is 13.0. The van der Waals surface area contributed by atoms with Gasteiger partial charge in [-0.15, -0.1) is 10.2 Å². The lowest BCUT2D eigenvalue weighted by molar-refractivity contribution is -0.383. The Morgan fingerprint density at radius 3 is 2.70 bits per heavy atom. The molecule has 3 rings (SSSR count). The summed E-state index contributed by atoms with van der Waals surface area (Å²) in [7, 11) is 0. The van der Waals surface area contributed by atoms with Crippen LogP contribution < -0.4 is 11.2 Å². The van der Waals surface area contributed by atoms with Crippen molar-refractivity contribution < 1.29 is 9.72 Å². The van der Waals surface area contributed by atoms with Crippen molar-refractivity contribution in [2.24, 2.45) is 0 Å². The Kier molecular flexibility index (Phi) is 5.57. The average molecular weight is 405 g/mol. The van der Waals surface area contributed by atoms with Crippen LogP contribution in [-0.4, -0.2) is 31.5 Å². The number of carbonyl (C=O) groups is 1. The number of nitro benzene ring substituents is 1. The second kappa shape index (κ2) is 8.06. The maximum absolute atomic E-state index is 12.1. The quantitative estimate of drug-likeness (QED) is 0.279. The molecule has 27 heavy (non-hydrogen) atoms. The SMILES string of the molecule is Nn1c(SCC(=O)Nc2ccc(Cl)cc2[N+](=O)[O-])nnc1-c1ccccc1. The molecule has 1 heterocycles. The highest BCUT2D eigenvalue weighted by atomic mass is 35.5. The van der Waals surface area contributed by atoms with Crippen LogP contribution in [0.25, 0.3) is 11.4 Å². The van der Waals surface area contributed by atoms with Crippen LogP contribution in [0.15, 0.2) is 53.7 Å². The standard InChI is InChI=1S/C16H13ClN6O3S/c17-11-6-7-12(13(8-11)23(25)26)19-14(24)9-27-16-21-20-15(22(16)18)10-4-2-1-3-5-10/h1-8H,9,18H2,(H,19,24). The first kappa shape index (κ1) is 18.7. The lowest BCUT2D eigenvalue weighted by Gasteiger charge is -2.06. The molecule has 0 saturated carbocycles. The van der Waals surface area contributed by atoms with Crippen molar-refractivity contribution >= 4 is 40.6 Å². The smallest absolute Gasteiger partial charge is 0.294 e. The summed E-state index contributed by atoms with van der Waals surface area (Å²) in [6.45, 7) is 0. The number of hydrogen-bond acceptors (Lipinski definition) is 7. The summed E-state index contributed by atoms with van der Waals surface area (Å²) in [5, 5.41) is 22.1. The molecule has 3 N–H and O–H groups in total. The van der Waals surface area contributed by atoms with E-state index in [2.05, 4.69) is 15.5 Å². The molecule has 0 aliphatic heterocycles. The van der Waals surface area contributed by atoms with Gasteiger partial charge in [0.1, 0.15) is 5.69 Å². The van der Waals surface area contributed by atoms with Crippen LogP contribution in [-0.2, 0) is 4.79 Å². The predicted molar refractivity (Wildman–Crippen MR) is 103 cm³/mol. The van der Waals surface area contributed by atoms with Crippen molar-refractivity contribution in [1.82, 2.24) is 14.9 Å². The van der Waals surface area contributed by atoms with Crippen molar-refractivity contribution in [1.29, 1.82) is 0 Å². The van der Waals surface area contributed by atoms with Crippen LogP contribution in [0.2, 0.25) is 5.02 Å². The zero-order valence-corrected chi connectivity index (χ0v) is 15.3. The molecular formula is C16H13ClN6O3S. The third-order valence-corrected chi connectivity index (χ3v) is 4.64. The molecular weight excluding hydrogens is 392 g/mol. The number of nitrogens with two attached hydrogens (primary N) is 1. The zero-order chi connectivity index (χ0) is 19.4. The Morgan fingerprint density at radius 1 is 1.26 bits per heavy atom. The van der Waals surface area contributed by atoms with Crippen LogP contribution in [0.4, 0.5) is 11.4 Å². The topological polar surface area (TPSA) is 129 Å². The number of nitro groups is 1. The predicted octanol–water partition coefficient (Wildman–Crippen LogP) is 2.95. The van der Waals surface area contributed by atoms with Crippen molar-refractivity contribution in [2.45, 2.75) is 5.16 Å². The van der Waals surface area contributed by atoms with Crippen molar-refractivity contribution in [3.05, 3.63) is 63.7 Å². The molecule has 1 aromatic heterocycles. The number of anilines is 1. The number of halogens is 1. The van der Waals surface area contributed by atoms with Crippen molar-refractivity contribution in [3.63, 3.8) is 0 Å². The number of benzene rings is 2. The highest BCUT2D eigenvalue weighted by Crippen LogP contribution is 2.28. The molecule has 0 bridgehead atoms. The second-order valence-electron chi connectivity index (χ2n) is 5.30. The van der Waals surface area contributed by atoms with Gasteiger partial charge in [-0.3, -0.25) is 14.9 Å². The fourth-order valence-electron chi connectivity index (χ4n) is 2.24. The number of hydrogen-bond donors (Lipinski definition) is 2. The number of carbonyl (C=O) groups excluding carboxylic acids is 1. The number of thioether (sulfide) groups is 1. The van der Waals surface area contributed by atoms with Gasteiger partial charge >= 0.3 is 0 Å². The lowest BCUT2D eigenvalue weighted by Crippen LogP contribution is -2.17. The van der Waals surface area contributed by atoms with E-state index in [1.807, 2.05) is 30.3 Å².